The van der Waals surface area contributed by atoms with Crippen LogP contribution in [0.3, 0.4) is 0 Å². The van der Waals surface area contributed by atoms with Crippen molar-refractivity contribution in [2.24, 2.45) is 0 Å². The molecule has 2 aromatic rings. The second kappa shape index (κ2) is 5.37. The van der Waals surface area contributed by atoms with E-state index in [4.69, 9.17) is 27.9 Å². The standard InChI is InChI=1S/C11H6Cl2INO2/c12-7-5-8(14)11(17-4-3-16)10-6(7)1-2-9(13)15-10/h1-3,5H,4H2. The number of aldehydes is 1. The summed E-state index contributed by atoms with van der Waals surface area (Å²) < 4.78 is 6.14. The number of rotatable bonds is 3. The van der Waals surface area contributed by atoms with Crippen molar-refractivity contribution in [3.63, 3.8) is 0 Å². The lowest BCUT2D eigenvalue weighted by molar-refractivity contribution is -0.109. The van der Waals surface area contributed by atoms with Gasteiger partial charge in [0.25, 0.3) is 0 Å². The molecule has 17 heavy (non-hydrogen) atoms. The minimum atomic E-state index is -0.0269. The third-order valence-corrected chi connectivity index (χ3v) is 3.42. The van der Waals surface area contributed by atoms with Gasteiger partial charge in [0.2, 0.25) is 0 Å². The van der Waals surface area contributed by atoms with Gasteiger partial charge in [-0.3, -0.25) is 4.79 Å². The Bertz CT molecular complexity index is 589. The van der Waals surface area contributed by atoms with Gasteiger partial charge in [-0.2, -0.15) is 0 Å². The molecule has 0 atom stereocenters. The van der Waals surface area contributed by atoms with Crippen LogP contribution in [0, 0.1) is 3.57 Å². The van der Waals surface area contributed by atoms with Gasteiger partial charge in [0.15, 0.2) is 12.0 Å². The maximum Gasteiger partial charge on any atom is 0.159 e. The summed E-state index contributed by atoms with van der Waals surface area (Å²) >= 11 is 14.0. The van der Waals surface area contributed by atoms with Crippen molar-refractivity contribution in [3.05, 3.63) is 31.9 Å². The lowest BCUT2D eigenvalue weighted by Gasteiger charge is -2.10. The van der Waals surface area contributed by atoms with Crippen LogP contribution in [-0.4, -0.2) is 17.9 Å². The third-order valence-electron chi connectivity index (χ3n) is 2.10. The smallest absolute Gasteiger partial charge is 0.159 e. The molecule has 0 fully saturated rings. The first-order chi connectivity index (χ1) is 8.13. The highest BCUT2D eigenvalue weighted by Crippen LogP contribution is 2.35. The van der Waals surface area contributed by atoms with Crippen LogP contribution in [0.2, 0.25) is 10.2 Å². The lowest BCUT2D eigenvalue weighted by Crippen LogP contribution is -2.01. The Kier molecular flexibility index (Phi) is 4.06. The quantitative estimate of drug-likeness (QED) is 0.462. The number of ether oxygens (including phenoxy) is 1. The van der Waals surface area contributed by atoms with E-state index >= 15 is 0 Å². The summed E-state index contributed by atoms with van der Waals surface area (Å²) in [5.74, 6) is 0.527. The van der Waals surface area contributed by atoms with E-state index in [9.17, 15) is 4.79 Å². The average Bonchev–Trinajstić information content (AvgIpc) is 2.28. The summed E-state index contributed by atoms with van der Waals surface area (Å²) in [5.41, 5.74) is 0.566. The molecule has 0 saturated heterocycles. The predicted molar refractivity (Wildman–Crippen MR) is 76.0 cm³/mol. The summed E-state index contributed by atoms with van der Waals surface area (Å²) in [6, 6.07) is 5.20. The fourth-order valence-corrected chi connectivity index (χ4v) is 2.74. The zero-order valence-electron chi connectivity index (χ0n) is 8.41. The van der Waals surface area contributed by atoms with Crippen LogP contribution in [0.15, 0.2) is 18.2 Å². The molecular weight excluding hydrogens is 376 g/mol. The van der Waals surface area contributed by atoms with Crippen LogP contribution < -0.4 is 4.74 Å². The van der Waals surface area contributed by atoms with Crippen LogP contribution in [0.25, 0.3) is 10.9 Å². The van der Waals surface area contributed by atoms with Crippen molar-refractivity contribution >= 4 is 63.0 Å². The zero-order chi connectivity index (χ0) is 12.4. The number of carbonyl (C=O) groups is 1. The van der Waals surface area contributed by atoms with E-state index in [2.05, 4.69) is 27.6 Å². The molecule has 0 unspecified atom stereocenters. The molecule has 6 heteroatoms. The molecule has 0 aliphatic heterocycles. The van der Waals surface area contributed by atoms with Gasteiger partial charge in [-0.25, -0.2) is 4.98 Å². The zero-order valence-corrected chi connectivity index (χ0v) is 12.1. The Hall–Kier alpha value is -0.590. The van der Waals surface area contributed by atoms with Crippen LogP contribution in [0.4, 0.5) is 0 Å². The van der Waals surface area contributed by atoms with Crippen molar-refractivity contribution in [1.82, 2.24) is 4.98 Å². The van der Waals surface area contributed by atoms with Crippen LogP contribution >= 0.6 is 45.8 Å². The third kappa shape index (κ3) is 2.64. The van der Waals surface area contributed by atoms with E-state index < -0.39 is 0 Å². The second-order valence-electron chi connectivity index (χ2n) is 3.18. The fraction of sp³-hybridized carbons (Fsp3) is 0.0909. The van der Waals surface area contributed by atoms with E-state index in [1.165, 1.54) is 0 Å². The summed E-state index contributed by atoms with van der Waals surface area (Å²) in [5, 5.41) is 1.68. The van der Waals surface area contributed by atoms with E-state index in [-0.39, 0.29) is 6.61 Å². The first-order valence-corrected chi connectivity index (χ1v) is 6.47. The maximum atomic E-state index is 10.4. The lowest BCUT2D eigenvalue weighted by atomic mass is 10.2. The maximum absolute atomic E-state index is 10.4. The first-order valence-electron chi connectivity index (χ1n) is 4.64. The number of hydrogen-bond acceptors (Lipinski definition) is 3. The van der Waals surface area contributed by atoms with Gasteiger partial charge in [-0.05, 0) is 40.8 Å². The second-order valence-corrected chi connectivity index (χ2v) is 5.13. The minimum Gasteiger partial charge on any atom is -0.483 e. The Morgan fingerprint density at radius 3 is 2.88 bits per heavy atom. The number of carbonyl (C=O) groups excluding carboxylic acids is 1. The molecule has 88 valence electrons. The topological polar surface area (TPSA) is 39.2 Å². The SMILES string of the molecule is O=CCOc1c(I)cc(Cl)c2ccc(Cl)nc12. The summed E-state index contributed by atoms with van der Waals surface area (Å²) in [7, 11) is 0. The number of halogens is 3. The van der Waals surface area contributed by atoms with Crippen molar-refractivity contribution in [2.75, 3.05) is 6.61 Å². The highest BCUT2D eigenvalue weighted by atomic mass is 127. The normalized spacial score (nSPS) is 10.5. The largest absolute Gasteiger partial charge is 0.483 e. The van der Waals surface area contributed by atoms with Crippen LogP contribution in [-0.2, 0) is 4.79 Å². The number of aromatic nitrogens is 1. The molecular formula is C11H6Cl2INO2. The minimum absolute atomic E-state index is 0.0269. The van der Waals surface area contributed by atoms with Crippen molar-refractivity contribution in [2.45, 2.75) is 0 Å². The van der Waals surface area contributed by atoms with Crippen molar-refractivity contribution < 1.29 is 9.53 Å². The molecule has 0 saturated carbocycles. The number of fused-ring (bicyclic) bond motifs is 1. The van der Waals surface area contributed by atoms with Gasteiger partial charge in [-0.1, -0.05) is 23.2 Å². The van der Waals surface area contributed by atoms with E-state index in [0.717, 1.165) is 8.96 Å². The molecule has 1 aromatic carbocycles. The fourth-order valence-electron chi connectivity index (χ4n) is 1.42. The molecule has 1 aromatic heterocycles. The Labute approximate surface area is 121 Å². The molecule has 0 aliphatic rings. The molecule has 0 bridgehead atoms. The Balaban J connectivity index is 2.70. The summed E-state index contributed by atoms with van der Waals surface area (Å²) in [6.07, 6.45) is 0.682. The van der Waals surface area contributed by atoms with Gasteiger partial charge in [0.1, 0.15) is 17.3 Å². The Morgan fingerprint density at radius 1 is 1.41 bits per heavy atom. The number of benzene rings is 1. The molecule has 0 spiro atoms. The Morgan fingerprint density at radius 2 is 2.18 bits per heavy atom. The van der Waals surface area contributed by atoms with Gasteiger partial charge in [0.05, 0.1) is 8.59 Å². The van der Waals surface area contributed by atoms with Gasteiger partial charge >= 0.3 is 0 Å². The molecule has 3 nitrogen and oxygen atoms in total. The monoisotopic (exact) mass is 381 g/mol. The summed E-state index contributed by atoms with van der Waals surface area (Å²) in [4.78, 5) is 14.5. The molecule has 0 N–H and O–H groups in total. The molecule has 0 amide bonds. The molecule has 2 rings (SSSR count). The summed E-state index contributed by atoms with van der Waals surface area (Å²) in [6.45, 7) is -0.0269. The van der Waals surface area contributed by atoms with Gasteiger partial charge in [-0.15, -0.1) is 0 Å². The van der Waals surface area contributed by atoms with Crippen LogP contribution in [0.1, 0.15) is 0 Å². The first kappa shape index (κ1) is 12.9. The number of pyridine rings is 1. The number of nitrogens with zero attached hydrogens (tertiary/aromatic N) is 1. The highest BCUT2D eigenvalue weighted by molar-refractivity contribution is 14.1. The van der Waals surface area contributed by atoms with E-state index in [1.54, 1.807) is 18.2 Å². The van der Waals surface area contributed by atoms with Crippen molar-refractivity contribution in [3.8, 4) is 5.75 Å². The highest BCUT2D eigenvalue weighted by Gasteiger charge is 2.12. The molecule has 0 radical (unpaired) electrons. The van der Waals surface area contributed by atoms with Gasteiger partial charge in [0, 0.05) is 5.39 Å². The van der Waals surface area contributed by atoms with E-state index in [0.29, 0.717) is 27.7 Å². The van der Waals surface area contributed by atoms with Gasteiger partial charge < -0.3 is 4.74 Å². The molecule has 1 heterocycles. The average molecular weight is 382 g/mol. The molecule has 0 aliphatic carbocycles. The predicted octanol–water partition coefficient (Wildman–Crippen LogP) is 3.72. The van der Waals surface area contributed by atoms with Crippen molar-refractivity contribution in [1.29, 1.82) is 0 Å². The number of hydrogen-bond donors (Lipinski definition) is 0. The van der Waals surface area contributed by atoms with E-state index in [1.807, 2.05) is 0 Å². The van der Waals surface area contributed by atoms with Crippen LogP contribution in [0.5, 0.6) is 5.75 Å².